The second-order valence-corrected chi connectivity index (χ2v) is 8.08. The minimum atomic E-state index is -0.0567. The lowest BCUT2D eigenvalue weighted by atomic mass is 9.89. The first-order chi connectivity index (χ1) is 14.7. The number of carbonyl (C=O) groups excluding carboxylic acids is 1. The molecule has 158 valence electrons. The minimum absolute atomic E-state index is 0.0567. The van der Waals surface area contributed by atoms with Gasteiger partial charge in [-0.3, -0.25) is 4.79 Å². The number of carbonyl (C=O) groups is 1. The van der Waals surface area contributed by atoms with Crippen LogP contribution in [0.1, 0.15) is 49.1 Å². The summed E-state index contributed by atoms with van der Waals surface area (Å²) in [6.45, 7) is 0.511. The van der Waals surface area contributed by atoms with Crippen molar-refractivity contribution in [1.82, 2.24) is 10.3 Å². The van der Waals surface area contributed by atoms with E-state index in [-0.39, 0.29) is 11.8 Å². The second-order valence-electron chi connectivity index (χ2n) is 8.08. The number of nitrogens with one attached hydrogen (secondary N) is 2. The van der Waals surface area contributed by atoms with Crippen molar-refractivity contribution in [2.45, 2.75) is 38.0 Å². The molecule has 30 heavy (non-hydrogen) atoms. The van der Waals surface area contributed by atoms with Crippen LogP contribution >= 0.6 is 0 Å². The molecule has 1 aliphatic carbocycles. The van der Waals surface area contributed by atoms with Gasteiger partial charge in [-0.1, -0.05) is 43.2 Å². The van der Waals surface area contributed by atoms with E-state index in [1.807, 2.05) is 30.5 Å². The molecular formula is C25H30N2O3. The Hall–Kier alpha value is -2.95. The van der Waals surface area contributed by atoms with Gasteiger partial charge in [0.25, 0.3) is 0 Å². The van der Waals surface area contributed by atoms with Crippen LogP contribution in [0.2, 0.25) is 0 Å². The van der Waals surface area contributed by atoms with Crippen LogP contribution < -0.4 is 14.8 Å². The Balaban J connectivity index is 1.66. The third kappa shape index (κ3) is 4.16. The monoisotopic (exact) mass is 406 g/mol. The fraction of sp³-hybridized carbons (Fsp3) is 0.400. The summed E-state index contributed by atoms with van der Waals surface area (Å²) >= 11 is 0. The topological polar surface area (TPSA) is 63.3 Å². The van der Waals surface area contributed by atoms with Crippen molar-refractivity contribution < 1.29 is 14.3 Å². The SMILES string of the molecule is COc1cccc(C(CNC(=O)CC2CCCC2)c2c[nH]c3ccccc23)c1OC. The molecule has 1 unspecified atom stereocenters. The van der Waals surface area contributed by atoms with Crippen LogP contribution in [-0.2, 0) is 4.79 Å². The number of ether oxygens (including phenoxy) is 2. The molecule has 0 spiro atoms. The van der Waals surface area contributed by atoms with Gasteiger partial charge < -0.3 is 19.8 Å². The molecule has 1 fully saturated rings. The number of amides is 1. The summed E-state index contributed by atoms with van der Waals surface area (Å²) in [4.78, 5) is 16.0. The standard InChI is InChI=1S/C25H30N2O3/c1-29-23-13-7-11-19(25(23)30-2)21(16-27-24(28)14-17-8-3-4-9-17)20-15-26-22-12-6-5-10-18(20)22/h5-7,10-13,15,17,21,26H,3-4,8-9,14,16H2,1-2H3,(H,27,28). The predicted molar refractivity (Wildman–Crippen MR) is 119 cm³/mol. The van der Waals surface area contributed by atoms with Crippen LogP contribution in [0, 0.1) is 5.92 Å². The average molecular weight is 407 g/mol. The number of hydrogen-bond acceptors (Lipinski definition) is 3. The molecule has 1 aliphatic rings. The number of aromatic nitrogens is 1. The number of hydrogen-bond donors (Lipinski definition) is 2. The van der Waals surface area contributed by atoms with Gasteiger partial charge in [-0.25, -0.2) is 0 Å². The Kier molecular flexibility index (Phi) is 6.26. The summed E-state index contributed by atoms with van der Waals surface area (Å²) < 4.78 is 11.3. The smallest absolute Gasteiger partial charge is 0.220 e. The van der Waals surface area contributed by atoms with E-state index >= 15 is 0 Å². The molecule has 5 nitrogen and oxygen atoms in total. The third-order valence-corrected chi connectivity index (χ3v) is 6.26. The number of benzene rings is 2. The minimum Gasteiger partial charge on any atom is -0.493 e. The van der Waals surface area contributed by atoms with Crippen molar-refractivity contribution in [1.29, 1.82) is 0 Å². The molecule has 0 saturated heterocycles. The van der Waals surface area contributed by atoms with Crippen molar-refractivity contribution in [3.8, 4) is 11.5 Å². The van der Waals surface area contributed by atoms with Crippen molar-refractivity contribution in [3.63, 3.8) is 0 Å². The van der Waals surface area contributed by atoms with E-state index in [4.69, 9.17) is 9.47 Å². The van der Waals surface area contributed by atoms with E-state index in [1.54, 1.807) is 14.2 Å². The highest BCUT2D eigenvalue weighted by molar-refractivity contribution is 5.84. The third-order valence-electron chi connectivity index (χ3n) is 6.26. The Morgan fingerprint density at radius 1 is 1.07 bits per heavy atom. The lowest BCUT2D eigenvalue weighted by Crippen LogP contribution is -2.30. The van der Waals surface area contributed by atoms with Gasteiger partial charge in [-0.2, -0.15) is 0 Å². The number of aromatic amines is 1. The van der Waals surface area contributed by atoms with Gasteiger partial charge in [0.1, 0.15) is 0 Å². The number of para-hydroxylation sites is 2. The lowest BCUT2D eigenvalue weighted by molar-refractivity contribution is -0.122. The highest BCUT2D eigenvalue weighted by Crippen LogP contribution is 2.40. The molecular weight excluding hydrogens is 376 g/mol. The normalized spacial score (nSPS) is 15.3. The van der Waals surface area contributed by atoms with E-state index in [0.717, 1.165) is 22.0 Å². The summed E-state index contributed by atoms with van der Waals surface area (Å²) in [6, 6.07) is 14.2. The molecule has 5 heteroatoms. The van der Waals surface area contributed by atoms with Gasteiger partial charge in [-0.05, 0) is 36.5 Å². The lowest BCUT2D eigenvalue weighted by Gasteiger charge is -2.22. The molecule has 1 atom stereocenters. The van der Waals surface area contributed by atoms with Crippen LogP contribution in [0.3, 0.4) is 0 Å². The first kappa shape index (κ1) is 20.3. The molecule has 2 aromatic carbocycles. The van der Waals surface area contributed by atoms with Gasteiger partial charge in [0.05, 0.1) is 14.2 Å². The number of H-pyrrole nitrogens is 1. The van der Waals surface area contributed by atoms with E-state index in [2.05, 4.69) is 28.5 Å². The highest BCUT2D eigenvalue weighted by Gasteiger charge is 2.25. The van der Waals surface area contributed by atoms with Crippen molar-refractivity contribution >= 4 is 16.8 Å². The van der Waals surface area contributed by atoms with Crippen molar-refractivity contribution in [2.24, 2.45) is 5.92 Å². The first-order valence-electron chi connectivity index (χ1n) is 10.7. The van der Waals surface area contributed by atoms with Crippen LogP contribution in [0.4, 0.5) is 0 Å². The van der Waals surface area contributed by atoms with Crippen LogP contribution in [0.5, 0.6) is 11.5 Å². The van der Waals surface area contributed by atoms with E-state index in [1.165, 1.54) is 25.7 Å². The van der Waals surface area contributed by atoms with Gasteiger partial charge in [0.15, 0.2) is 11.5 Å². The van der Waals surface area contributed by atoms with Gasteiger partial charge >= 0.3 is 0 Å². The predicted octanol–water partition coefficient (Wildman–Crippen LogP) is 5.01. The summed E-state index contributed by atoms with van der Waals surface area (Å²) in [7, 11) is 3.30. The molecule has 4 rings (SSSR count). The average Bonchev–Trinajstić information content (AvgIpc) is 3.44. The molecule has 1 aromatic heterocycles. The first-order valence-corrected chi connectivity index (χ1v) is 10.7. The fourth-order valence-electron chi connectivity index (χ4n) is 4.72. The van der Waals surface area contributed by atoms with Crippen LogP contribution in [0.15, 0.2) is 48.7 Å². The zero-order chi connectivity index (χ0) is 20.9. The fourth-order valence-corrected chi connectivity index (χ4v) is 4.72. The maximum absolute atomic E-state index is 12.7. The summed E-state index contributed by atoms with van der Waals surface area (Å²) in [6.07, 6.45) is 7.49. The van der Waals surface area contributed by atoms with Crippen LogP contribution in [0.25, 0.3) is 10.9 Å². The molecule has 1 saturated carbocycles. The Bertz CT molecular complexity index is 1000. The maximum Gasteiger partial charge on any atom is 0.220 e. The largest absolute Gasteiger partial charge is 0.493 e. The summed E-state index contributed by atoms with van der Waals surface area (Å²) in [5, 5.41) is 4.35. The Morgan fingerprint density at radius 2 is 1.87 bits per heavy atom. The van der Waals surface area contributed by atoms with E-state index < -0.39 is 0 Å². The van der Waals surface area contributed by atoms with Crippen LogP contribution in [-0.4, -0.2) is 31.7 Å². The van der Waals surface area contributed by atoms with Gasteiger partial charge in [0.2, 0.25) is 5.91 Å². The molecule has 0 bridgehead atoms. The van der Waals surface area contributed by atoms with Crippen molar-refractivity contribution in [3.05, 3.63) is 59.8 Å². The number of methoxy groups -OCH3 is 2. The van der Waals surface area contributed by atoms with Crippen molar-refractivity contribution in [2.75, 3.05) is 20.8 Å². The van der Waals surface area contributed by atoms with Gasteiger partial charge in [0, 0.05) is 41.5 Å². The van der Waals surface area contributed by atoms with E-state index in [0.29, 0.717) is 30.4 Å². The Morgan fingerprint density at radius 3 is 2.63 bits per heavy atom. The Labute approximate surface area is 177 Å². The molecule has 0 aliphatic heterocycles. The molecule has 0 radical (unpaired) electrons. The quantitative estimate of drug-likeness (QED) is 0.552. The maximum atomic E-state index is 12.7. The molecule has 1 amide bonds. The molecule has 1 heterocycles. The zero-order valence-corrected chi connectivity index (χ0v) is 17.7. The number of fused-ring (bicyclic) bond motifs is 1. The van der Waals surface area contributed by atoms with Gasteiger partial charge in [-0.15, -0.1) is 0 Å². The van der Waals surface area contributed by atoms with E-state index in [9.17, 15) is 4.79 Å². The number of rotatable bonds is 8. The molecule has 2 N–H and O–H groups in total. The summed E-state index contributed by atoms with van der Waals surface area (Å²) in [5.41, 5.74) is 3.22. The second kappa shape index (κ2) is 9.24. The zero-order valence-electron chi connectivity index (χ0n) is 17.7. The highest BCUT2D eigenvalue weighted by atomic mass is 16.5. The molecule has 3 aromatic rings. The summed E-state index contributed by atoms with van der Waals surface area (Å²) in [5.74, 6) is 2.01.